The lowest BCUT2D eigenvalue weighted by Gasteiger charge is -2.17. The van der Waals surface area contributed by atoms with Crippen molar-refractivity contribution in [3.63, 3.8) is 0 Å². The molecule has 0 saturated carbocycles. The third kappa shape index (κ3) is 6.66. The Bertz CT molecular complexity index is 962. The van der Waals surface area contributed by atoms with Crippen molar-refractivity contribution < 1.29 is 24.2 Å². The zero-order chi connectivity index (χ0) is 23.1. The van der Waals surface area contributed by atoms with Crippen molar-refractivity contribution in [1.29, 1.82) is 0 Å². The second-order valence-electron chi connectivity index (χ2n) is 7.85. The van der Waals surface area contributed by atoms with Gasteiger partial charge in [-0.3, -0.25) is 14.6 Å². The Hall–Kier alpha value is -2.68. The number of nitrogens with zero attached hydrogens (tertiary/aromatic N) is 3. The minimum Gasteiger partial charge on any atom is -0.481 e. The molecule has 8 nitrogen and oxygen atoms in total. The standard InChI is InChI=1S/C23H29N3O5S/c1-14-11-12-24-15(2)18(14)13-32-23-25-19-8-6-7-17(19)22(26-23)31-16(3)30-21(29)10-5-4-9-20(27)28/h11-12,16H,4-10,13H2,1-3H3,(H,27,28). The number of aliphatic carboxylic acids is 1. The molecule has 0 spiro atoms. The number of fused-ring (bicyclic) bond motifs is 1. The second-order valence-corrected chi connectivity index (χ2v) is 8.79. The van der Waals surface area contributed by atoms with E-state index in [0.29, 0.717) is 29.6 Å². The first-order valence-electron chi connectivity index (χ1n) is 10.8. The second kappa shape index (κ2) is 11.3. The summed E-state index contributed by atoms with van der Waals surface area (Å²) in [7, 11) is 0. The third-order valence-corrected chi connectivity index (χ3v) is 6.20. The molecule has 1 atom stereocenters. The normalized spacial score (nSPS) is 13.5. The summed E-state index contributed by atoms with van der Waals surface area (Å²) in [5, 5.41) is 9.30. The number of unbranched alkanes of at least 4 members (excludes halogenated alkanes) is 1. The van der Waals surface area contributed by atoms with Gasteiger partial charge in [0.05, 0.1) is 5.69 Å². The van der Waals surface area contributed by atoms with E-state index >= 15 is 0 Å². The Morgan fingerprint density at radius 2 is 1.97 bits per heavy atom. The third-order valence-electron chi connectivity index (χ3n) is 5.32. The molecular weight excluding hydrogens is 430 g/mol. The molecule has 3 rings (SSSR count). The van der Waals surface area contributed by atoms with Crippen LogP contribution in [0, 0.1) is 13.8 Å². The lowest BCUT2D eigenvalue weighted by Crippen LogP contribution is -2.22. The fourth-order valence-electron chi connectivity index (χ4n) is 3.59. The van der Waals surface area contributed by atoms with Gasteiger partial charge in [-0.1, -0.05) is 11.8 Å². The van der Waals surface area contributed by atoms with Crippen molar-refractivity contribution in [2.75, 3.05) is 0 Å². The molecule has 0 radical (unpaired) electrons. The van der Waals surface area contributed by atoms with Crippen LogP contribution in [0.25, 0.3) is 0 Å². The largest absolute Gasteiger partial charge is 0.481 e. The maximum atomic E-state index is 12.0. The summed E-state index contributed by atoms with van der Waals surface area (Å²) in [6.45, 7) is 5.73. The molecule has 172 valence electrons. The molecule has 1 N–H and O–H groups in total. The number of carboxylic acids is 1. The van der Waals surface area contributed by atoms with Crippen LogP contribution in [0.5, 0.6) is 5.88 Å². The van der Waals surface area contributed by atoms with E-state index in [9.17, 15) is 9.59 Å². The van der Waals surface area contributed by atoms with Crippen molar-refractivity contribution in [2.45, 2.75) is 82.9 Å². The lowest BCUT2D eigenvalue weighted by atomic mass is 10.1. The van der Waals surface area contributed by atoms with Crippen LogP contribution in [-0.4, -0.2) is 38.3 Å². The number of pyridine rings is 1. The predicted molar refractivity (Wildman–Crippen MR) is 120 cm³/mol. The van der Waals surface area contributed by atoms with E-state index < -0.39 is 18.2 Å². The van der Waals surface area contributed by atoms with Crippen molar-refractivity contribution in [3.8, 4) is 5.88 Å². The van der Waals surface area contributed by atoms with Gasteiger partial charge in [-0.15, -0.1) is 0 Å². The van der Waals surface area contributed by atoms with Crippen molar-refractivity contribution in [1.82, 2.24) is 15.0 Å². The average Bonchev–Trinajstić information content (AvgIpc) is 3.19. The topological polar surface area (TPSA) is 112 Å². The number of aromatic nitrogens is 3. The number of esters is 1. The summed E-state index contributed by atoms with van der Waals surface area (Å²) in [6.07, 6.45) is 4.85. The molecule has 2 aromatic rings. The van der Waals surface area contributed by atoms with Crippen LogP contribution in [0.2, 0.25) is 0 Å². The Morgan fingerprint density at radius 1 is 1.19 bits per heavy atom. The predicted octanol–water partition coefficient (Wildman–Crippen LogP) is 4.18. The molecule has 1 aliphatic carbocycles. The first kappa shape index (κ1) is 24.0. The zero-order valence-electron chi connectivity index (χ0n) is 18.7. The van der Waals surface area contributed by atoms with Gasteiger partial charge in [0.2, 0.25) is 12.2 Å². The Kier molecular flexibility index (Phi) is 8.44. The number of hydrogen-bond donors (Lipinski definition) is 1. The first-order valence-corrected chi connectivity index (χ1v) is 11.8. The highest BCUT2D eigenvalue weighted by molar-refractivity contribution is 7.98. The Morgan fingerprint density at radius 3 is 2.72 bits per heavy atom. The van der Waals surface area contributed by atoms with Gasteiger partial charge in [0, 0.05) is 43.0 Å². The number of thioether (sulfide) groups is 1. The quantitative estimate of drug-likeness (QED) is 0.174. The summed E-state index contributed by atoms with van der Waals surface area (Å²) in [5.74, 6) is -0.0910. The van der Waals surface area contributed by atoms with Crippen LogP contribution in [0.4, 0.5) is 0 Å². The minimum absolute atomic E-state index is 0.0466. The van der Waals surface area contributed by atoms with Gasteiger partial charge in [0.1, 0.15) is 0 Å². The summed E-state index contributed by atoms with van der Waals surface area (Å²) in [4.78, 5) is 36.3. The van der Waals surface area contributed by atoms with Crippen LogP contribution in [0.1, 0.15) is 67.1 Å². The molecule has 9 heteroatoms. The number of hydrogen-bond acceptors (Lipinski definition) is 8. The van der Waals surface area contributed by atoms with E-state index in [-0.39, 0.29) is 12.8 Å². The Labute approximate surface area is 192 Å². The molecule has 0 saturated heterocycles. The molecule has 0 aromatic carbocycles. The molecule has 32 heavy (non-hydrogen) atoms. The molecule has 0 aliphatic heterocycles. The van der Waals surface area contributed by atoms with Crippen molar-refractivity contribution in [3.05, 3.63) is 40.3 Å². The van der Waals surface area contributed by atoms with Crippen LogP contribution in [0.3, 0.4) is 0 Å². The van der Waals surface area contributed by atoms with Crippen molar-refractivity contribution >= 4 is 23.7 Å². The number of aryl methyl sites for hydroxylation is 3. The van der Waals surface area contributed by atoms with Crippen LogP contribution in [0.15, 0.2) is 17.4 Å². The maximum absolute atomic E-state index is 12.0. The number of carboxylic acid groups (broad SMARTS) is 1. The smallest absolute Gasteiger partial charge is 0.308 e. The van der Waals surface area contributed by atoms with E-state index in [4.69, 9.17) is 19.6 Å². The highest BCUT2D eigenvalue weighted by atomic mass is 32.2. The number of carbonyl (C=O) groups excluding carboxylic acids is 1. The number of rotatable bonds is 11. The molecule has 2 heterocycles. The monoisotopic (exact) mass is 459 g/mol. The van der Waals surface area contributed by atoms with Gasteiger partial charge in [0.15, 0.2) is 5.16 Å². The first-order chi connectivity index (χ1) is 15.3. The number of ether oxygens (including phenoxy) is 2. The minimum atomic E-state index is -0.866. The molecule has 0 fully saturated rings. The molecule has 2 aromatic heterocycles. The van der Waals surface area contributed by atoms with Crippen LogP contribution < -0.4 is 4.74 Å². The van der Waals surface area contributed by atoms with Crippen LogP contribution >= 0.6 is 11.8 Å². The van der Waals surface area contributed by atoms with E-state index in [1.165, 1.54) is 11.1 Å². The summed E-state index contributed by atoms with van der Waals surface area (Å²) >= 11 is 1.54. The SMILES string of the molecule is Cc1ccnc(C)c1CSc1nc2c(c(OC(C)OC(=O)CCCCC(=O)O)n1)CCC2. The lowest BCUT2D eigenvalue weighted by molar-refractivity contribution is -0.162. The van der Waals surface area contributed by atoms with Gasteiger partial charge in [-0.2, -0.15) is 4.98 Å². The van der Waals surface area contributed by atoms with Gasteiger partial charge < -0.3 is 14.6 Å². The van der Waals surface area contributed by atoms with Gasteiger partial charge >= 0.3 is 11.9 Å². The van der Waals surface area contributed by atoms with Crippen LogP contribution in [-0.2, 0) is 32.9 Å². The average molecular weight is 460 g/mol. The summed E-state index contributed by atoms with van der Waals surface area (Å²) in [5.41, 5.74) is 5.33. The van der Waals surface area contributed by atoms with E-state index in [2.05, 4.69) is 16.9 Å². The summed E-state index contributed by atoms with van der Waals surface area (Å²) in [6, 6.07) is 2.00. The zero-order valence-corrected chi connectivity index (χ0v) is 19.5. The molecule has 1 aliphatic rings. The van der Waals surface area contributed by atoms with Gasteiger partial charge in [-0.05, 0) is 63.1 Å². The number of carbonyl (C=O) groups is 2. The fourth-order valence-corrected chi connectivity index (χ4v) is 4.62. The molecule has 0 amide bonds. The Balaban J connectivity index is 1.62. The fraction of sp³-hybridized carbons (Fsp3) is 0.522. The highest BCUT2D eigenvalue weighted by Gasteiger charge is 2.23. The van der Waals surface area contributed by atoms with E-state index in [1.807, 2.05) is 19.2 Å². The van der Waals surface area contributed by atoms with Gasteiger partial charge in [0.25, 0.3) is 0 Å². The molecule has 0 bridgehead atoms. The molecular formula is C23H29N3O5S. The van der Waals surface area contributed by atoms with Crippen molar-refractivity contribution in [2.24, 2.45) is 0 Å². The van der Waals surface area contributed by atoms with E-state index in [1.54, 1.807) is 18.7 Å². The van der Waals surface area contributed by atoms with Gasteiger partial charge in [-0.25, -0.2) is 4.98 Å². The highest BCUT2D eigenvalue weighted by Crippen LogP contribution is 2.32. The maximum Gasteiger partial charge on any atom is 0.308 e. The molecule has 1 unspecified atom stereocenters. The summed E-state index contributed by atoms with van der Waals surface area (Å²) < 4.78 is 11.2. The van der Waals surface area contributed by atoms with E-state index in [0.717, 1.165) is 36.2 Å².